The zero-order valence-electron chi connectivity index (χ0n) is 9.76. The molecule has 2 heterocycles. The zero-order valence-corrected chi connectivity index (χ0v) is 10.5. The Morgan fingerprint density at radius 3 is 2.67 bits per heavy atom. The van der Waals surface area contributed by atoms with Crippen molar-refractivity contribution in [2.75, 3.05) is 0 Å². The number of hydrogen-bond donors (Lipinski definition) is 0. The van der Waals surface area contributed by atoms with E-state index >= 15 is 0 Å². The lowest BCUT2D eigenvalue weighted by molar-refractivity contribution is 0.0472. The fraction of sp³-hybridized carbons (Fsp3) is 0.154. The lowest BCUT2D eigenvalue weighted by Crippen LogP contribution is -2.06. The molecule has 0 bridgehead atoms. The molecule has 5 heteroatoms. The van der Waals surface area contributed by atoms with E-state index in [1.807, 2.05) is 6.92 Å². The molecule has 0 aliphatic rings. The molecule has 0 atom stereocenters. The van der Waals surface area contributed by atoms with Gasteiger partial charge in [0.25, 0.3) is 0 Å². The molecule has 2 aromatic rings. The van der Waals surface area contributed by atoms with E-state index in [9.17, 15) is 4.79 Å². The van der Waals surface area contributed by atoms with E-state index in [0.29, 0.717) is 10.7 Å². The van der Waals surface area contributed by atoms with Gasteiger partial charge in [-0.3, -0.25) is 4.98 Å². The van der Waals surface area contributed by atoms with E-state index < -0.39 is 5.97 Å². The third-order valence-corrected chi connectivity index (χ3v) is 2.53. The third kappa shape index (κ3) is 3.28. The predicted molar refractivity (Wildman–Crippen MR) is 67.3 cm³/mol. The highest BCUT2D eigenvalue weighted by Gasteiger charge is 2.07. The van der Waals surface area contributed by atoms with E-state index in [0.717, 1.165) is 11.3 Å². The number of halogens is 1. The summed E-state index contributed by atoms with van der Waals surface area (Å²) in [6, 6.07) is 6.86. The van der Waals surface area contributed by atoms with Gasteiger partial charge in [-0.15, -0.1) is 0 Å². The van der Waals surface area contributed by atoms with Crippen molar-refractivity contribution in [1.82, 2.24) is 9.97 Å². The van der Waals surface area contributed by atoms with Gasteiger partial charge in [0.15, 0.2) is 0 Å². The van der Waals surface area contributed by atoms with Crippen LogP contribution in [0.4, 0.5) is 0 Å². The maximum Gasteiger partial charge on any atom is 0.340 e. The summed E-state index contributed by atoms with van der Waals surface area (Å²) in [7, 11) is 0. The number of carbonyl (C=O) groups is 1. The number of esters is 1. The average molecular weight is 263 g/mol. The van der Waals surface area contributed by atoms with Gasteiger partial charge in [-0.1, -0.05) is 17.7 Å². The van der Waals surface area contributed by atoms with Gasteiger partial charge in [-0.2, -0.15) is 0 Å². The molecule has 0 N–H and O–H groups in total. The second-order valence-electron chi connectivity index (χ2n) is 3.75. The van der Waals surface area contributed by atoms with Gasteiger partial charge in [0.1, 0.15) is 11.8 Å². The number of carbonyl (C=O) groups excluding carboxylic acids is 1. The number of aromatic nitrogens is 2. The molecule has 2 aromatic heterocycles. The standard InChI is InChI=1S/C13H11ClN2O2/c1-9-2-4-11(7-15-9)13(17)18-8-10-3-5-12(14)16-6-10/h2-7H,8H2,1H3. The number of rotatable bonds is 3. The number of aryl methyl sites for hydroxylation is 1. The summed E-state index contributed by atoms with van der Waals surface area (Å²) in [4.78, 5) is 19.6. The maximum atomic E-state index is 11.7. The van der Waals surface area contributed by atoms with Gasteiger partial charge >= 0.3 is 5.97 Å². The first kappa shape index (κ1) is 12.5. The molecule has 0 spiro atoms. The molecule has 0 fully saturated rings. The Kier molecular flexibility index (Phi) is 3.89. The summed E-state index contributed by atoms with van der Waals surface area (Å²) < 4.78 is 5.13. The number of pyridine rings is 2. The molecule has 0 radical (unpaired) electrons. The lowest BCUT2D eigenvalue weighted by atomic mass is 10.2. The summed E-state index contributed by atoms with van der Waals surface area (Å²) in [6.07, 6.45) is 3.07. The molecule has 4 nitrogen and oxygen atoms in total. The van der Waals surface area contributed by atoms with Gasteiger partial charge < -0.3 is 4.74 Å². The summed E-state index contributed by atoms with van der Waals surface area (Å²) in [6.45, 7) is 2.02. The van der Waals surface area contributed by atoms with Gasteiger partial charge in [0.2, 0.25) is 0 Å². The lowest BCUT2D eigenvalue weighted by Gasteiger charge is -2.04. The zero-order chi connectivity index (χ0) is 13.0. The van der Waals surface area contributed by atoms with Crippen molar-refractivity contribution >= 4 is 17.6 Å². The number of ether oxygens (including phenoxy) is 1. The molecule has 92 valence electrons. The van der Waals surface area contributed by atoms with Gasteiger partial charge in [0, 0.05) is 23.7 Å². The quantitative estimate of drug-likeness (QED) is 0.630. The largest absolute Gasteiger partial charge is 0.457 e. The molecule has 0 amide bonds. The molecule has 0 unspecified atom stereocenters. The first-order chi connectivity index (χ1) is 8.65. The number of nitrogens with zero attached hydrogens (tertiary/aromatic N) is 2. The highest BCUT2D eigenvalue weighted by Crippen LogP contribution is 2.08. The van der Waals surface area contributed by atoms with E-state index in [-0.39, 0.29) is 6.61 Å². The molecule has 0 saturated carbocycles. The third-order valence-electron chi connectivity index (χ3n) is 2.31. The smallest absolute Gasteiger partial charge is 0.340 e. The van der Waals surface area contributed by atoms with Gasteiger partial charge in [0.05, 0.1) is 5.56 Å². The Morgan fingerprint density at radius 2 is 2.06 bits per heavy atom. The average Bonchev–Trinajstić information content (AvgIpc) is 2.38. The van der Waals surface area contributed by atoms with Crippen LogP contribution in [0.5, 0.6) is 0 Å². The van der Waals surface area contributed by atoms with Crippen LogP contribution in [0, 0.1) is 6.92 Å². The van der Waals surface area contributed by atoms with E-state index in [1.54, 1.807) is 30.5 Å². The maximum absolute atomic E-state index is 11.7. The molecule has 0 saturated heterocycles. The minimum atomic E-state index is -0.405. The van der Waals surface area contributed by atoms with Gasteiger partial charge in [-0.05, 0) is 25.1 Å². The molecular weight excluding hydrogens is 252 g/mol. The van der Waals surface area contributed by atoms with Crippen LogP contribution in [0.15, 0.2) is 36.7 Å². The molecule has 18 heavy (non-hydrogen) atoms. The molecule has 0 aliphatic carbocycles. The Hall–Kier alpha value is -1.94. The summed E-state index contributed by atoms with van der Waals surface area (Å²) in [5.74, 6) is -0.405. The second-order valence-corrected chi connectivity index (χ2v) is 4.14. The van der Waals surface area contributed by atoms with Crippen molar-refractivity contribution in [2.45, 2.75) is 13.5 Å². The topological polar surface area (TPSA) is 52.1 Å². The SMILES string of the molecule is Cc1ccc(C(=O)OCc2ccc(Cl)nc2)cn1. The molecule has 0 aromatic carbocycles. The number of hydrogen-bond acceptors (Lipinski definition) is 4. The van der Waals surface area contributed by atoms with Crippen LogP contribution in [0.25, 0.3) is 0 Å². The van der Waals surface area contributed by atoms with Crippen LogP contribution >= 0.6 is 11.6 Å². The van der Waals surface area contributed by atoms with Gasteiger partial charge in [-0.25, -0.2) is 9.78 Å². The second kappa shape index (κ2) is 5.60. The van der Waals surface area contributed by atoms with Crippen LogP contribution in [0.1, 0.15) is 21.6 Å². The normalized spacial score (nSPS) is 10.1. The summed E-state index contributed by atoms with van der Waals surface area (Å²) in [5.41, 5.74) is 2.07. The fourth-order valence-electron chi connectivity index (χ4n) is 1.31. The molecular formula is C13H11ClN2O2. The molecule has 2 rings (SSSR count). The van der Waals surface area contributed by atoms with Crippen molar-refractivity contribution in [1.29, 1.82) is 0 Å². The van der Waals surface area contributed by atoms with Crippen molar-refractivity contribution in [3.05, 3.63) is 58.6 Å². The minimum Gasteiger partial charge on any atom is -0.457 e. The highest BCUT2D eigenvalue weighted by atomic mass is 35.5. The van der Waals surface area contributed by atoms with Crippen LogP contribution in [-0.4, -0.2) is 15.9 Å². The Labute approximate surface area is 110 Å². The highest BCUT2D eigenvalue weighted by molar-refractivity contribution is 6.29. The summed E-state index contributed by atoms with van der Waals surface area (Å²) in [5, 5.41) is 0.410. The first-order valence-electron chi connectivity index (χ1n) is 5.35. The first-order valence-corrected chi connectivity index (χ1v) is 5.73. The van der Waals surface area contributed by atoms with Crippen LogP contribution in [0.2, 0.25) is 5.15 Å². The van der Waals surface area contributed by atoms with E-state index in [4.69, 9.17) is 16.3 Å². The van der Waals surface area contributed by atoms with Crippen LogP contribution in [0.3, 0.4) is 0 Å². The van der Waals surface area contributed by atoms with Crippen molar-refractivity contribution in [2.24, 2.45) is 0 Å². The van der Waals surface area contributed by atoms with Crippen molar-refractivity contribution in [3.63, 3.8) is 0 Å². The fourth-order valence-corrected chi connectivity index (χ4v) is 1.42. The Morgan fingerprint density at radius 1 is 1.22 bits per heavy atom. The Balaban J connectivity index is 1.96. The summed E-state index contributed by atoms with van der Waals surface area (Å²) >= 11 is 5.66. The predicted octanol–water partition coefficient (Wildman–Crippen LogP) is 2.80. The van der Waals surface area contributed by atoms with Crippen LogP contribution in [-0.2, 0) is 11.3 Å². The van der Waals surface area contributed by atoms with Crippen LogP contribution < -0.4 is 0 Å². The van der Waals surface area contributed by atoms with Crippen molar-refractivity contribution < 1.29 is 9.53 Å². The van der Waals surface area contributed by atoms with E-state index in [1.165, 1.54) is 6.20 Å². The van der Waals surface area contributed by atoms with Crippen molar-refractivity contribution in [3.8, 4) is 0 Å². The minimum absolute atomic E-state index is 0.164. The Bertz CT molecular complexity index is 538. The molecule has 0 aliphatic heterocycles. The van der Waals surface area contributed by atoms with E-state index in [2.05, 4.69) is 9.97 Å². The monoisotopic (exact) mass is 262 g/mol.